The van der Waals surface area contributed by atoms with Gasteiger partial charge in [0, 0.05) is 6.54 Å². The number of amides is 2. The number of benzene rings is 2. The van der Waals surface area contributed by atoms with E-state index < -0.39 is 41.7 Å². The maximum atomic E-state index is 13.8. The van der Waals surface area contributed by atoms with E-state index in [0.717, 1.165) is 18.2 Å². The largest absolute Gasteiger partial charge is 0.493 e. The molecule has 10 heteroatoms. The lowest BCUT2D eigenvalue weighted by molar-refractivity contribution is -0.123. The van der Waals surface area contributed by atoms with Crippen LogP contribution in [0.1, 0.15) is 29.8 Å². The van der Waals surface area contributed by atoms with Gasteiger partial charge in [-0.1, -0.05) is 26.0 Å². The van der Waals surface area contributed by atoms with E-state index in [1.165, 1.54) is 19.2 Å². The molecule has 2 N–H and O–H groups in total. The average molecular weight is 456 g/mol. The molecule has 0 aromatic heterocycles. The molecule has 0 aliphatic rings. The predicted octanol–water partition coefficient (Wildman–Crippen LogP) is 3.69. The highest BCUT2D eigenvalue weighted by atomic mass is 19.3. The number of nitrogens with one attached hydrogen (secondary N) is 2. The normalized spacial score (nSPS) is 11.9. The number of rotatable bonds is 10. The third-order valence-corrected chi connectivity index (χ3v) is 4.58. The van der Waals surface area contributed by atoms with E-state index in [2.05, 4.69) is 15.4 Å². The number of hydrogen-bond donors (Lipinski definition) is 2. The second-order valence-corrected chi connectivity index (χ2v) is 7.20. The molecule has 174 valence electrons. The Labute approximate surface area is 182 Å². The Balaban J connectivity index is 2.01. The predicted molar refractivity (Wildman–Crippen MR) is 109 cm³/mol. The molecule has 0 fully saturated rings. The lowest BCUT2D eigenvalue weighted by Crippen LogP contribution is -2.50. The van der Waals surface area contributed by atoms with Crippen molar-refractivity contribution in [1.29, 1.82) is 0 Å². The summed E-state index contributed by atoms with van der Waals surface area (Å²) in [6, 6.07) is 6.45. The van der Waals surface area contributed by atoms with Gasteiger partial charge >= 0.3 is 6.61 Å². The highest BCUT2D eigenvalue weighted by Gasteiger charge is 2.27. The molecule has 32 heavy (non-hydrogen) atoms. The summed E-state index contributed by atoms with van der Waals surface area (Å²) in [6.45, 7) is 0.430. The Morgan fingerprint density at radius 2 is 1.69 bits per heavy atom. The lowest BCUT2D eigenvalue weighted by Gasteiger charge is -2.22. The van der Waals surface area contributed by atoms with E-state index in [4.69, 9.17) is 4.74 Å². The zero-order valence-corrected chi connectivity index (χ0v) is 17.8. The Kier molecular flexibility index (Phi) is 8.86. The summed E-state index contributed by atoms with van der Waals surface area (Å²) in [5.41, 5.74) is -0.170. The van der Waals surface area contributed by atoms with Crippen molar-refractivity contribution in [3.8, 4) is 11.5 Å². The van der Waals surface area contributed by atoms with E-state index in [0.29, 0.717) is 5.56 Å². The minimum absolute atomic E-state index is 0.117. The van der Waals surface area contributed by atoms with Crippen LogP contribution in [0.25, 0.3) is 0 Å². The van der Waals surface area contributed by atoms with Gasteiger partial charge in [0.2, 0.25) is 5.91 Å². The van der Waals surface area contributed by atoms with Crippen molar-refractivity contribution in [2.45, 2.75) is 32.9 Å². The van der Waals surface area contributed by atoms with Gasteiger partial charge in [0.05, 0.1) is 7.11 Å². The maximum absolute atomic E-state index is 13.8. The molecule has 0 saturated heterocycles. The molecule has 2 aromatic rings. The molecule has 0 saturated carbocycles. The first-order valence-corrected chi connectivity index (χ1v) is 9.78. The zero-order valence-electron chi connectivity index (χ0n) is 17.8. The van der Waals surface area contributed by atoms with Crippen LogP contribution >= 0.6 is 0 Å². The fourth-order valence-corrected chi connectivity index (χ4v) is 2.97. The number of methoxy groups -OCH3 is 1. The van der Waals surface area contributed by atoms with Crippen LogP contribution in [-0.2, 0) is 11.2 Å². The first kappa shape index (κ1) is 25.0. The molecular weight excluding hydrogens is 432 g/mol. The van der Waals surface area contributed by atoms with Crippen LogP contribution in [0.15, 0.2) is 36.4 Å². The molecule has 1 unspecified atom stereocenters. The van der Waals surface area contributed by atoms with Gasteiger partial charge in [0.15, 0.2) is 11.5 Å². The molecule has 0 radical (unpaired) electrons. The molecule has 1 atom stereocenters. The van der Waals surface area contributed by atoms with Gasteiger partial charge in [-0.15, -0.1) is 0 Å². The number of carbonyl (C=O) groups excluding carboxylic acids is 2. The third-order valence-electron chi connectivity index (χ3n) is 4.58. The molecule has 2 amide bonds. The van der Waals surface area contributed by atoms with Crippen LogP contribution < -0.4 is 20.1 Å². The molecule has 0 aliphatic heterocycles. The topological polar surface area (TPSA) is 76.7 Å². The molecule has 6 nitrogen and oxygen atoms in total. The summed E-state index contributed by atoms with van der Waals surface area (Å²) in [6.07, 6.45) is 0.274. The first-order chi connectivity index (χ1) is 15.1. The molecule has 2 aromatic carbocycles. The van der Waals surface area contributed by atoms with Crippen molar-refractivity contribution in [2.75, 3.05) is 13.7 Å². The van der Waals surface area contributed by atoms with Crippen LogP contribution in [0, 0.1) is 17.6 Å². The van der Waals surface area contributed by atoms with Crippen molar-refractivity contribution >= 4 is 11.8 Å². The standard InChI is InChI=1S/C22H24F4N2O4/c1-12(2)19(28-20(29)18-14(23)5-4-6-15(18)24)21(30)27-10-9-13-7-8-16(31-3)17(11-13)32-22(25)26/h4-8,11-12,19,22H,9-10H2,1-3H3,(H,27,30)(H,28,29). The van der Waals surface area contributed by atoms with Crippen LogP contribution in [-0.4, -0.2) is 38.1 Å². The Morgan fingerprint density at radius 3 is 2.25 bits per heavy atom. The van der Waals surface area contributed by atoms with E-state index >= 15 is 0 Å². The van der Waals surface area contributed by atoms with Crippen LogP contribution in [0.5, 0.6) is 11.5 Å². The summed E-state index contributed by atoms with van der Waals surface area (Å²) in [4.78, 5) is 24.9. The van der Waals surface area contributed by atoms with Gasteiger partial charge in [-0.2, -0.15) is 8.78 Å². The van der Waals surface area contributed by atoms with Crippen LogP contribution in [0.3, 0.4) is 0 Å². The highest BCUT2D eigenvalue weighted by molar-refractivity contribution is 5.98. The summed E-state index contributed by atoms with van der Waals surface area (Å²) in [7, 11) is 1.32. The van der Waals surface area contributed by atoms with Crippen LogP contribution in [0.2, 0.25) is 0 Å². The van der Waals surface area contributed by atoms with Crippen molar-refractivity contribution < 1.29 is 36.6 Å². The monoisotopic (exact) mass is 456 g/mol. The van der Waals surface area contributed by atoms with Gasteiger partial charge in [-0.3, -0.25) is 9.59 Å². The van der Waals surface area contributed by atoms with E-state index in [-0.39, 0.29) is 30.4 Å². The average Bonchev–Trinajstić information content (AvgIpc) is 2.71. The van der Waals surface area contributed by atoms with E-state index in [1.54, 1.807) is 19.9 Å². The Bertz CT molecular complexity index is 933. The Hall–Kier alpha value is -3.30. The number of hydrogen-bond acceptors (Lipinski definition) is 4. The minimum atomic E-state index is -3.02. The molecule has 0 bridgehead atoms. The molecule has 0 spiro atoms. The Morgan fingerprint density at radius 1 is 1.03 bits per heavy atom. The van der Waals surface area contributed by atoms with Gasteiger partial charge in [-0.25, -0.2) is 8.78 Å². The highest BCUT2D eigenvalue weighted by Crippen LogP contribution is 2.29. The van der Waals surface area contributed by atoms with Gasteiger partial charge < -0.3 is 20.1 Å². The molecule has 0 aliphatic carbocycles. The van der Waals surface area contributed by atoms with Crippen molar-refractivity contribution in [3.05, 3.63) is 59.2 Å². The lowest BCUT2D eigenvalue weighted by atomic mass is 10.0. The van der Waals surface area contributed by atoms with Crippen LogP contribution in [0.4, 0.5) is 17.6 Å². The number of halogens is 4. The SMILES string of the molecule is COc1ccc(CCNC(=O)C(NC(=O)c2c(F)cccc2F)C(C)C)cc1OC(F)F. The van der Waals surface area contributed by atoms with E-state index in [1.807, 2.05) is 0 Å². The molecular formula is C22H24F4N2O4. The van der Waals surface area contributed by atoms with E-state index in [9.17, 15) is 27.2 Å². The number of carbonyl (C=O) groups is 2. The summed E-state index contributed by atoms with van der Waals surface area (Å²) < 4.78 is 62.2. The molecule has 0 heterocycles. The second kappa shape index (κ2) is 11.4. The smallest absolute Gasteiger partial charge is 0.387 e. The summed E-state index contributed by atoms with van der Waals surface area (Å²) >= 11 is 0. The fraction of sp³-hybridized carbons (Fsp3) is 0.364. The number of ether oxygens (including phenoxy) is 2. The summed E-state index contributed by atoms with van der Waals surface area (Å²) in [5, 5.41) is 4.98. The summed E-state index contributed by atoms with van der Waals surface area (Å²) in [5.74, 6) is -4.04. The quantitative estimate of drug-likeness (QED) is 0.535. The zero-order chi connectivity index (χ0) is 23.8. The van der Waals surface area contributed by atoms with Gasteiger partial charge in [0.25, 0.3) is 5.91 Å². The fourth-order valence-electron chi connectivity index (χ4n) is 2.97. The molecule has 2 rings (SSSR count). The second-order valence-electron chi connectivity index (χ2n) is 7.20. The first-order valence-electron chi connectivity index (χ1n) is 9.78. The maximum Gasteiger partial charge on any atom is 0.387 e. The minimum Gasteiger partial charge on any atom is -0.493 e. The third kappa shape index (κ3) is 6.60. The van der Waals surface area contributed by atoms with Crippen molar-refractivity contribution in [1.82, 2.24) is 10.6 Å². The van der Waals surface area contributed by atoms with Crippen molar-refractivity contribution in [3.63, 3.8) is 0 Å². The van der Waals surface area contributed by atoms with Gasteiger partial charge in [-0.05, 0) is 42.2 Å². The van der Waals surface area contributed by atoms with Gasteiger partial charge in [0.1, 0.15) is 23.2 Å². The number of alkyl halides is 2. The van der Waals surface area contributed by atoms with Crippen molar-refractivity contribution in [2.24, 2.45) is 5.92 Å².